The first kappa shape index (κ1) is 27.3. The second-order valence-electron chi connectivity index (χ2n) is 9.75. The second kappa shape index (κ2) is 12.7. The van der Waals surface area contributed by atoms with E-state index in [1.165, 1.54) is 5.56 Å². The second-order valence-corrected chi connectivity index (χ2v) is 10.6. The quantitative estimate of drug-likeness (QED) is 0.386. The predicted octanol–water partition coefficient (Wildman–Crippen LogP) is 5.87. The van der Waals surface area contributed by atoms with Crippen molar-refractivity contribution in [2.75, 3.05) is 56.2 Å². The Hall–Kier alpha value is -3.26. The topological polar surface area (TPSA) is 71.1 Å². The highest BCUT2D eigenvalue weighted by atomic mass is 35.5. The highest BCUT2D eigenvalue weighted by molar-refractivity contribution is 6.42. The summed E-state index contributed by atoms with van der Waals surface area (Å²) in [7, 11) is 0. The lowest BCUT2D eigenvalue weighted by Gasteiger charge is -2.33. The van der Waals surface area contributed by atoms with E-state index in [1.807, 2.05) is 47.4 Å². The number of halogens is 2. The first-order valence-corrected chi connectivity index (χ1v) is 13.9. The molecule has 2 aliphatic heterocycles. The molecule has 0 atom stereocenters. The number of morpholine rings is 1. The number of anilines is 2. The third-order valence-electron chi connectivity index (χ3n) is 7.18. The summed E-state index contributed by atoms with van der Waals surface area (Å²) >= 11 is 11.9. The minimum absolute atomic E-state index is 0.0877. The standard InChI is InChI=1S/C30H31Cl2N3O4/c31-27-9-8-26(19-28(27)32)39-20-29(36)33-24-6-4-21(5-7-24)22-10-12-35(13-11-22)30(37)23-2-1-3-25(18-23)34-14-16-38-17-15-34/h1-9,18-19,22H,10-17,20H2,(H,33,36). The summed E-state index contributed by atoms with van der Waals surface area (Å²) in [6.07, 6.45) is 1.80. The largest absolute Gasteiger partial charge is 0.484 e. The van der Waals surface area contributed by atoms with E-state index in [1.54, 1.807) is 18.2 Å². The molecule has 3 aromatic carbocycles. The van der Waals surface area contributed by atoms with E-state index in [2.05, 4.69) is 16.3 Å². The number of hydrogen-bond donors (Lipinski definition) is 1. The molecular formula is C30H31Cl2N3O4. The molecule has 0 saturated carbocycles. The molecule has 2 aliphatic rings. The van der Waals surface area contributed by atoms with Gasteiger partial charge in [-0.05, 0) is 66.8 Å². The number of carbonyl (C=O) groups is 2. The van der Waals surface area contributed by atoms with Crippen molar-refractivity contribution in [2.24, 2.45) is 0 Å². The van der Waals surface area contributed by atoms with E-state index in [-0.39, 0.29) is 18.4 Å². The average molecular weight is 569 g/mol. The normalized spacial score (nSPS) is 16.2. The number of nitrogens with zero attached hydrogens (tertiary/aromatic N) is 2. The molecule has 204 valence electrons. The van der Waals surface area contributed by atoms with Crippen LogP contribution in [0.25, 0.3) is 0 Å². The summed E-state index contributed by atoms with van der Waals surface area (Å²) < 4.78 is 10.9. The van der Waals surface area contributed by atoms with E-state index in [4.69, 9.17) is 32.7 Å². The van der Waals surface area contributed by atoms with Crippen LogP contribution in [0.2, 0.25) is 10.0 Å². The maximum Gasteiger partial charge on any atom is 0.262 e. The molecule has 1 N–H and O–H groups in total. The molecule has 2 amide bonds. The number of rotatable bonds is 7. The Labute approximate surface area is 238 Å². The van der Waals surface area contributed by atoms with Crippen molar-refractivity contribution >= 4 is 46.4 Å². The Balaban J connectivity index is 1.10. The molecule has 0 aromatic heterocycles. The number of likely N-dealkylation sites (tertiary alicyclic amines) is 1. The average Bonchev–Trinajstić information content (AvgIpc) is 2.98. The smallest absolute Gasteiger partial charge is 0.262 e. The zero-order valence-corrected chi connectivity index (χ0v) is 23.1. The number of carbonyl (C=O) groups excluding carboxylic acids is 2. The first-order valence-electron chi connectivity index (χ1n) is 13.2. The van der Waals surface area contributed by atoms with E-state index < -0.39 is 0 Å². The van der Waals surface area contributed by atoms with Gasteiger partial charge in [0.1, 0.15) is 5.75 Å². The van der Waals surface area contributed by atoms with Crippen LogP contribution in [0.4, 0.5) is 11.4 Å². The lowest BCUT2D eigenvalue weighted by Crippen LogP contribution is -2.38. The Kier molecular flexibility index (Phi) is 8.91. The van der Waals surface area contributed by atoms with Crippen LogP contribution in [0.5, 0.6) is 5.75 Å². The maximum atomic E-state index is 13.2. The number of piperidine rings is 1. The van der Waals surface area contributed by atoms with Crippen molar-refractivity contribution in [3.05, 3.63) is 87.9 Å². The van der Waals surface area contributed by atoms with Crippen molar-refractivity contribution in [2.45, 2.75) is 18.8 Å². The number of ether oxygens (including phenoxy) is 2. The highest BCUT2D eigenvalue weighted by Crippen LogP contribution is 2.30. The number of amides is 2. The summed E-state index contributed by atoms with van der Waals surface area (Å²) in [5.41, 5.74) is 3.73. The first-order chi connectivity index (χ1) is 19.0. The van der Waals surface area contributed by atoms with Crippen LogP contribution >= 0.6 is 23.2 Å². The van der Waals surface area contributed by atoms with Gasteiger partial charge in [0.05, 0.1) is 23.3 Å². The zero-order valence-electron chi connectivity index (χ0n) is 21.6. The fourth-order valence-corrected chi connectivity index (χ4v) is 5.29. The van der Waals surface area contributed by atoms with E-state index in [0.717, 1.165) is 50.3 Å². The van der Waals surface area contributed by atoms with Gasteiger partial charge in [0.2, 0.25) is 0 Å². The third kappa shape index (κ3) is 7.04. The van der Waals surface area contributed by atoms with Crippen molar-refractivity contribution in [1.82, 2.24) is 4.90 Å². The Morgan fingerprint density at radius 1 is 0.897 bits per heavy atom. The molecule has 5 rings (SSSR count). The molecule has 0 radical (unpaired) electrons. The summed E-state index contributed by atoms with van der Waals surface area (Å²) in [6, 6.07) is 20.7. The summed E-state index contributed by atoms with van der Waals surface area (Å²) in [4.78, 5) is 29.8. The van der Waals surface area contributed by atoms with Crippen LogP contribution < -0.4 is 15.0 Å². The van der Waals surface area contributed by atoms with E-state index >= 15 is 0 Å². The van der Waals surface area contributed by atoms with Gasteiger partial charge in [-0.25, -0.2) is 0 Å². The van der Waals surface area contributed by atoms with Crippen LogP contribution in [0.15, 0.2) is 66.7 Å². The molecule has 2 fully saturated rings. The molecule has 0 aliphatic carbocycles. The van der Waals surface area contributed by atoms with Crippen LogP contribution in [0, 0.1) is 0 Å². The highest BCUT2D eigenvalue weighted by Gasteiger charge is 2.25. The van der Waals surface area contributed by atoms with Crippen LogP contribution in [0.3, 0.4) is 0 Å². The molecule has 2 heterocycles. The van der Waals surface area contributed by atoms with Crippen LogP contribution in [-0.2, 0) is 9.53 Å². The molecule has 0 unspecified atom stereocenters. The minimum atomic E-state index is -0.265. The molecule has 3 aromatic rings. The van der Waals surface area contributed by atoms with Gasteiger partial charge in [-0.2, -0.15) is 0 Å². The number of hydrogen-bond acceptors (Lipinski definition) is 5. The molecule has 0 spiro atoms. The monoisotopic (exact) mass is 567 g/mol. The van der Waals surface area contributed by atoms with E-state index in [0.29, 0.717) is 40.6 Å². The van der Waals surface area contributed by atoms with Gasteiger partial charge in [-0.3, -0.25) is 9.59 Å². The zero-order chi connectivity index (χ0) is 27.2. The van der Waals surface area contributed by atoms with Crippen molar-refractivity contribution in [1.29, 1.82) is 0 Å². The van der Waals surface area contributed by atoms with Crippen molar-refractivity contribution in [3.8, 4) is 5.75 Å². The molecule has 9 heteroatoms. The molecule has 2 saturated heterocycles. The molecule has 39 heavy (non-hydrogen) atoms. The van der Waals surface area contributed by atoms with Gasteiger partial charge in [-0.15, -0.1) is 0 Å². The summed E-state index contributed by atoms with van der Waals surface area (Å²) in [5, 5.41) is 3.65. The Morgan fingerprint density at radius 2 is 1.64 bits per heavy atom. The van der Waals surface area contributed by atoms with Crippen molar-refractivity contribution in [3.63, 3.8) is 0 Å². The van der Waals surface area contributed by atoms with E-state index in [9.17, 15) is 9.59 Å². The molecule has 0 bridgehead atoms. The predicted molar refractivity (Wildman–Crippen MR) is 154 cm³/mol. The molecular weight excluding hydrogens is 537 g/mol. The Bertz CT molecular complexity index is 1300. The van der Waals surface area contributed by atoms with Crippen molar-refractivity contribution < 1.29 is 19.1 Å². The summed E-state index contributed by atoms with van der Waals surface area (Å²) in [5.74, 6) is 0.670. The van der Waals surface area contributed by atoms with Gasteiger partial charge >= 0.3 is 0 Å². The maximum absolute atomic E-state index is 13.2. The lowest BCUT2D eigenvalue weighted by atomic mass is 9.89. The molecule has 7 nitrogen and oxygen atoms in total. The SMILES string of the molecule is O=C(COc1ccc(Cl)c(Cl)c1)Nc1ccc(C2CCN(C(=O)c3cccc(N4CCOCC4)c3)CC2)cc1. The van der Waals surface area contributed by atoms with Gasteiger partial charge in [0, 0.05) is 49.2 Å². The lowest BCUT2D eigenvalue weighted by molar-refractivity contribution is -0.118. The fraction of sp³-hybridized carbons (Fsp3) is 0.333. The Morgan fingerprint density at radius 3 is 2.36 bits per heavy atom. The minimum Gasteiger partial charge on any atom is -0.484 e. The van der Waals surface area contributed by atoms with Gasteiger partial charge < -0.3 is 24.6 Å². The van der Waals surface area contributed by atoms with Gasteiger partial charge in [0.25, 0.3) is 11.8 Å². The van der Waals surface area contributed by atoms with Gasteiger partial charge in [-0.1, -0.05) is 41.4 Å². The number of nitrogens with one attached hydrogen (secondary N) is 1. The number of benzene rings is 3. The van der Waals surface area contributed by atoms with Gasteiger partial charge in [0.15, 0.2) is 6.61 Å². The van der Waals surface area contributed by atoms with Crippen LogP contribution in [0.1, 0.15) is 34.7 Å². The third-order valence-corrected chi connectivity index (χ3v) is 7.92. The van der Waals surface area contributed by atoms with Crippen LogP contribution in [-0.4, -0.2) is 62.7 Å². The summed E-state index contributed by atoms with van der Waals surface area (Å²) in [6.45, 7) is 4.42. The fourth-order valence-electron chi connectivity index (χ4n) is 5.01.